The van der Waals surface area contributed by atoms with E-state index in [1.54, 1.807) is 25.3 Å². The lowest BCUT2D eigenvalue weighted by Gasteiger charge is -2.09. The van der Waals surface area contributed by atoms with Crippen LogP contribution in [-0.4, -0.2) is 18.2 Å². The fourth-order valence-corrected chi connectivity index (χ4v) is 2.38. The summed E-state index contributed by atoms with van der Waals surface area (Å²) in [4.78, 5) is 11.0. The molecule has 0 aromatic heterocycles. The van der Waals surface area contributed by atoms with Crippen molar-refractivity contribution >= 4 is 5.97 Å². The van der Waals surface area contributed by atoms with Crippen LogP contribution in [0.15, 0.2) is 18.2 Å². The number of ether oxygens (including phenoxy) is 1. The minimum atomic E-state index is -0.881. The predicted octanol–water partition coefficient (Wildman–Crippen LogP) is 4.69. The van der Waals surface area contributed by atoms with Crippen LogP contribution in [0.2, 0.25) is 0 Å². The molecule has 0 heterocycles. The molecule has 1 aromatic carbocycles. The summed E-state index contributed by atoms with van der Waals surface area (Å²) in [6, 6.07) is 5.08. The monoisotopic (exact) mass is 278 g/mol. The molecule has 0 saturated carbocycles. The summed E-state index contributed by atoms with van der Waals surface area (Å²) in [7, 11) is 1.63. The minimum Gasteiger partial charge on any atom is -0.496 e. The second-order valence-electron chi connectivity index (χ2n) is 5.20. The fraction of sp³-hybridized carbons (Fsp3) is 0.588. The summed E-state index contributed by atoms with van der Waals surface area (Å²) in [6.07, 6.45) is 9.68. The summed E-state index contributed by atoms with van der Waals surface area (Å²) in [5.41, 5.74) is 1.34. The average molecular weight is 278 g/mol. The smallest absolute Gasteiger partial charge is 0.335 e. The van der Waals surface area contributed by atoms with E-state index in [1.165, 1.54) is 38.5 Å². The highest BCUT2D eigenvalue weighted by Crippen LogP contribution is 2.22. The number of hydrogen-bond acceptors (Lipinski definition) is 2. The first-order valence-electron chi connectivity index (χ1n) is 7.59. The van der Waals surface area contributed by atoms with Crippen molar-refractivity contribution in [3.8, 4) is 5.75 Å². The summed E-state index contributed by atoms with van der Waals surface area (Å²) in [6.45, 7) is 2.22. The van der Waals surface area contributed by atoms with Gasteiger partial charge in [-0.3, -0.25) is 0 Å². The van der Waals surface area contributed by atoms with Crippen LogP contribution in [0.3, 0.4) is 0 Å². The van der Waals surface area contributed by atoms with Crippen molar-refractivity contribution in [3.05, 3.63) is 29.3 Å². The zero-order valence-electron chi connectivity index (χ0n) is 12.7. The molecule has 0 unspecified atom stereocenters. The number of aryl methyl sites for hydroxylation is 1. The van der Waals surface area contributed by atoms with Crippen molar-refractivity contribution in [3.63, 3.8) is 0 Å². The maximum Gasteiger partial charge on any atom is 0.335 e. The standard InChI is InChI=1S/C17H26O3/c1-3-4-5-6-7-8-9-10-14-13-15(17(18)19)11-12-16(14)20-2/h11-13H,3-10H2,1-2H3,(H,18,19). The van der Waals surface area contributed by atoms with Crippen molar-refractivity contribution in [1.29, 1.82) is 0 Å². The van der Waals surface area contributed by atoms with E-state index >= 15 is 0 Å². The Kier molecular flexibility index (Phi) is 7.78. The molecule has 112 valence electrons. The van der Waals surface area contributed by atoms with Crippen LogP contribution >= 0.6 is 0 Å². The van der Waals surface area contributed by atoms with Crippen LogP contribution in [0.4, 0.5) is 0 Å². The summed E-state index contributed by atoms with van der Waals surface area (Å²) < 4.78 is 5.30. The second-order valence-corrected chi connectivity index (χ2v) is 5.20. The van der Waals surface area contributed by atoms with Crippen LogP contribution in [0, 0.1) is 0 Å². The van der Waals surface area contributed by atoms with Gasteiger partial charge in [-0.1, -0.05) is 45.4 Å². The topological polar surface area (TPSA) is 46.5 Å². The Balaban J connectivity index is 2.41. The SMILES string of the molecule is CCCCCCCCCc1cc(C(=O)O)ccc1OC. The molecule has 3 nitrogen and oxygen atoms in total. The van der Waals surface area contributed by atoms with Gasteiger partial charge in [0, 0.05) is 0 Å². The number of rotatable bonds is 10. The van der Waals surface area contributed by atoms with E-state index in [0.29, 0.717) is 5.56 Å². The van der Waals surface area contributed by atoms with E-state index in [4.69, 9.17) is 9.84 Å². The largest absolute Gasteiger partial charge is 0.496 e. The number of carbonyl (C=O) groups is 1. The van der Waals surface area contributed by atoms with E-state index in [1.807, 2.05) is 0 Å². The molecule has 0 atom stereocenters. The van der Waals surface area contributed by atoms with Gasteiger partial charge in [-0.05, 0) is 36.6 Å². The number of methoxy groups -OCH3 is 1. The van der Waals surface area contributed by atoms with E-state index in [-0.39, 0.29) is 0 Å². The van der Waals surface area contributed by atoms with Crippen LogP contribution < -0.4 is 4.74 Å². The van der Waals surface area contributed by atoms with Crippen molar-refractivity contribution in [2.45, 2.75) is 58.3 Å². The Labute approximate surface area is 122 Å². The van der Waals surface area contributed by atoms with Gasteiger partial charge in [-0.2, -0.15) is 0 Å². The zero-order valence-corrected chi connectivity index (χ0v) is 12.7. The van der Waals surface area contributed by atoms with Crippen LogP contribution in [0.25, 0.3) is 0 Å². The first kappa shape index (κ1) is 16.5. The number of carboxylic acid groups (broad SMARTS) is 1. The Morgan fingerprint density at radius 2 is 1.75 bits per heavy atom. The third-order valence-corrected chi connectivity index (χ3v) is 3.58. The number of unbranched alkanes of at least 4 members (excludes halogenated alkanes) is 6. The van der Waals surface area contributed by atoms with Gasteiger partial charge < -0.3 is 9.84 Å². The van der Waals surface area contributed by atoms with Crippen molar-refractivity contribution < 1.29 is 14.6 Å². The summed E-state index contributed by atoms with van der Waals surface area (Å²) in [5.74, 6) is -0.0885. The number of aromatic carboxylic acids is 1. The molecule has 20 heavy (non-hydrogen) atoms. The lowest BCUT2D eigenvalue weighted by Crippen LogP contribution is -2.00. The number of carboxylic acids is 1. The van der Waals surface area contributed by atoms with Crippen molar-refractivity contribution in [2.24, 2.45) is 0 Å². The molecule has 1 N–H and O–H groups in total. The molecule has 1 rings (SSSR count). The summed E-state index contributed by atoms with van der Waals surface area (Å²) >= 11 is 0. The van der Waals surface area contributed by atoms with E-state index in [2.05, 4.69) is 6.92 Å². The van der Waals surface area contributed by atoms with Gasteiger partial charge in [-0.25, -0.2) is 4.79 Å². The second kappa shape index (κ2) is 9.40. The molecule has 3 heteroatoms. The van der Waals surface area contributed by atoms with E-state index in [9.17, 15) is 4.79 Å². The maximum atomic E-state index is 11.0. The molecule has 0 saturated heterocycles. The first-order chi connectivity index (χ1) is 9.69. The third kappa shape index (κ3) is 5.64. The van der Waals surface area contributed by atoms with E-state index < -0.39 is 5.97 Å². The Morgan fingerprint density at radius 3 is 2.35 bits per heavy atom. The molecule has 0 bridgehead atoms. The van der Waals surface area contributed by atoms with Gasteiger partial charge in [0.05, 0.1) is 12.7 Å². The Hall–Kier alpha value is -1.51. The molecule has 0 radical (unpaired) electrons. The van der Waals surface area contributed by atoms with Gasteiger partial charge in [0.15, 0.2) is 0 Å². The molecule has 0 aliphatic carbocycles. The van der Waals surface area contributed by atoms with Crippen LogP contribution in [0.5, 0.6) is 5.75 Å². The fourth-order valence-electron chi connectivity index (χ4n) is 2.38. The maximum absolute atomic E-state index is 11.0. The van der Waals surface area contributed by atoms with Gasteiger partial charge >= 0.3 is 5.97 Å². The molecule has 0 amide bonds. The number of benzene rings is 1. The first-order valence-corrected chi connectivity index (χ1v) is 7.59. The van der Waals surface area contributed by atoms with Gasteiger partial charge in [0.25, 0.3) is 0 Å². The third-order valence-electron chi connectivity index (χ3n) is 3.58. The molecule has 0 aliphatic heterocycles. The molecular weight excluding hydrogens is 252 g/mol. The highest BCUT2D eigenvalue weighted by atomic mass is 16.5. The lowest BCUT2D eigenvalue weighted by atomic mass is 10.0. The molecule has 1 aromatic rings. The Morgan fingerprint density at radius 1 is 1.10 bits per heavy atom. The van der Waals surface area contributed by atoms with Crippen molar-refractivity contribution in [2.75, 3.05) is 7.11 Å². The average Bonchev–Trinajstić information content (AvgIpc) is 2.46. The van der Waals surface area contributed by atoms with Gasteiger partial charge in [0.1, 0.15) is 5.75 Å². The molecule has 0 fully saturated rings. The molecule has 0 aliphatic rings. The minimum absolute atomic E-state index is 0.337. The molecular formula is C17H26O3. The lowest BCUT2D eigenvalue weighted by molar-refractivity contribution is 0.0696. The van der Waals surface area contributed by atoms with Gasteiger partial charge in [-0.15, -0.1) is 0 Å². The quantitative estimate of drug-likeness (QED) is 0.632. The highest BCUT2D eigenvalue weighted by molar-refractivity contribution is 5.88. The predicted molar refractivity (Wildman–Crippen MR) is 81.7 cm³/mol. The highest BCUT2D eigenvalue weighted by Gasteiger charge is 2.08. The normalized spacial score (nSPS) is 10.5. The zero-order chi connectivity index (χ0) is 14.8. The summed E-state index contributed by atoms with van der Waals surface area (Å²) in [5, 5.41) is 9.02. The van der Waals surface area contributed by atoms with Crippen LogP contribution in [0.1, 0.15) is 67.8 Å². The van der Waals surface area contributed by atoms with Crippen LogP contribution in [-0.2, 0) is 6.42 Å². The Bertz CT molecular complexity index is 413. The van der Waals surface area contributed by atoms with Gasteiger partial charge in [0.2, 0.25) is 0 Å². The van der Waals surface area contributed by atoms with Crippen molar-refractivity contribution in [1.82, 2.24) is 0 Å². The molecule has 0 spiro atoms. The van der Waals surface area contributed by atoms with E-state index in [0.717, 1.165) is 24.2 Å². The number of hydrogen-bond donors (Lipinski definition) is 1.